The summed E-state index contributed by atoms with van der Waals surface area (Å²) in [6.45, 7) is 4.91. The molecule has 1 atom stereocenters. The van der Waals surface area contributed by atoms with Crippen molar-refractivity contribution in [2.75, 3.05) is 14.1 Å². The van der Waals surface area contributed by atoms with E-state index in [1.165, 1.54) is 12.1 Å². The van der Waals surface area contributed by atoms with E-state index in [9.17, 15) is 9.50 Å². The molecule has 3 nitrogen and oxygen atoms in total. The molecule has 2 aromatic rings. The van der Waals surface area contributed by atoms with Gasteiger partial charge in [-0.1, -0.05) is 0 Å². The Morgan fingerprint density at radius 1 is 1.39 bits per heavy atom. The summed E-state index contributed by atoms with van der Waals surface area (Å²) in [5.41, 5.74) is 1.95. The SMILES string of the molecule is CCn1cc(C(C)N(C)C)c2cc(F)c(O)cc21. The van der Waals surface area contributed by atoms with Gasteiger partial charge in [0.25, 0.3) is 0 Å². The molecule has 1 aromatic heterocycles. The molecule has 0 spiro atoms. The lowest BCUT2D eigenvalue weighted by atomic mass is 10.1. The van der Waals surface area contributed by atoms with Crippen molar-refractivity contribution in [3.8, 4) is 5.75 Å². The van der Waals surface area contributed by atoms with Gasteiger partial charge in [-0.3, -0.25) is 0 Å². The molecule has 0 radical (unpaired) electrons. The van der Waals surface area contributed by atoms with Gasteiger partial charge in [-0.2, -0.15) is 0 Å². The summed E-state index contributed by atoms with van der Waals surface area (Å²) in [6.07, 6.45) is 2.04. The number of hydrogen-bond donors (Lipinski definition) is 1. The van der Waals surface area contributed by atoms with Gasteiger partial charge in [0.2, 0.25) is 0 Å². The van der Waals surface area contributed by atoms with E-state index in [0.717, 1.165) is 23.0 Å². The molecule has 0 saturated carbocycles. The number of rotatable bonds is 3. The first kappa shape index (κ1) is 12.9. The summed E-state index contributed by atoms with van der Waals surface area (Å²) in [5.74, 6) is -0.858. The molecular weight excluding hydrogens is 231 g/mol. The first-order chi connectivity index (χ1) is 8.45. The predicted octanol–water partition coefficient (Wildman–Crippen LogP) is 3.13. The molecular formula is C14H19FN2O. The van der Waals surface area contributed by atoms with Crippen LogP contribution in [-0.2, 0) is 6.54 Å². The molecule has 0 aliphatic heterocycles. The van der Waals surface area contributed by atoms with Gasteiger partial charge in [-0.15, -0.1) is 0 Å². The number of phenolic OH excluding ortho intramolecular Hbond substituents is 1. The van der Waals surface area contributed by atoms with E-state index < -0.39 is 5.82 Å². The molecule has 0 saturated heterocycles. The van der Waals surface area contributed by atoms with Crippen LogP contribution in [0.1, 0.15) is 25.5 Å². The van der Waals surface area contributed by atoms with Gasteiger partial charge >= 0.3 is 0 Å². The quantitative estimate of drug-likeness (QED) is 0.906. The predicted molar refractivity (Wildman–Crippen MR) is 71.3 cm³/mol. The van der Waals surface area contributed by atoms with E-state index >= 15 is 0 Å². The Hall–Kier alpha value is -1.55. The fourth-order valence-corrected chi connectivity index (χ4v) is 2.20. The minimum Gasteiger partial charge on any atom is -0.505 e. The van der Waals surface area contributed by atoms with Gasteiger partial charge in [0.1, 0.15) is 0 Å². The van der Waals surface area contributed by atoms with E-state index in [1.807, 2.05) is 31.8 Å². The minimum atomic E-state index is -0.566. The summed E-state index contributed by atoms with van der Waals surface area (Å²) in [7, 11) is 3.99. The van der Waals surface area contributed by atoms with Crippen LogP contribution in [0.5, 0.6) is 5.75 Å². The number of aromatic hydroxyl groups is 1. The van der Waals surface area contributed by atoms with Crippen molar-refractivity contribution < 1.29 is 9.50 Å². The Kier molecular flexibility index (Phi) is 3.30. The van der Waals surface area contributed by atoms with Crippen LogP contribution in [0.15, 0.2) is 18.3 Å². The Labute approximate surface area is 106 Å². The summed E-state index contributed by atoms with van der Waals surface area (Å²) >= 11 is 0. The second-order valence-electron chi connectivity index (χ2n) is 4.83. The number of aromatic nitrogens is 1. The van der Waals surface area contributed by atoms with Crippen molar-refractivity contribution >= 4 is 10.9 Å². The van der Waals surface area contributed by atoms with Crippen LogP contribution < -0.4 is 0 Å². The normalized spacial score (nSPS) is 13.4. The third kappa shape index (κ3) is 1.97. The molecule has 2 rings (SSSR count). The largest absolute Gasteiger partial charge is 0.505 e. The zero-order valence-corrected chi connectivity index (χ0v) is 11.2. The summed E-state index contributed by atoms with van der Waals surface area (Å²) in [5, 5.41) is 10.4. The number of halogens is 1. The van der Waals surface area contributed by atoms with Crippen molar-refractivity contribution in [2.45, 2.75) is 26.4 Å². The average molecular weight is 250 g/mol. The van der Waals surface area contributed by atoms with E-state index in [2.05, 4.69) is 11.8 Å². The molecule has 1 heterocycles. The van der Waals surface area contributed by atoms with Crippen LogP contribution >= 0.6 is 0 Å². The summed E-state index contributed by atoms with van der Waals surface area (Å²) < 4.78 is 15.6. The van der Waals surface area contributed by atoms with Gasteiger partial charge in [-0.05, 0) is 39.6 Å². The minimum absolute atomic E-state index is 0.198. The number of benzene rings is 1. The highest BCUT2D eigenvalue weighted by atomic mass is 19.1. The lowest BCUT2D eigenvalue weighted by Gasteiger charge is -2.19. The standard InChI is InChI=1S/C14H19FN2O/c1-5-17-8-11(9(2)16(3)4)10-6-12(15)14(18)7-13(10)17/h6-9,18H,5H2,1-4H3. The first-order valence-corrected chi connectivity index (χ1v) is 6.13. The summed E-state index contributed by atoms with van der Waals surface area (Å²) in [4.78, 5) is 2.08. The topological polar surface area (TPSA) is 28.4 Å². The van der Waals surface area contributed by atoms with Crippen molar-refractivity contribution in [1.82, 2.24) is 9.47 Å². The molecule has 0 aliphatic carbocycles. The number of hydrogen-bond acceptors (Lipinski definition) is 2. The van der Waals surface area contributed by atoms with Gasteiger partial charge in [0.05, 0.1) is 5.52 Å². The second kappa shape index (κ2) is 4.61. The third-order valence-corrected chi connectivity index (χ3v) is 3.55. The van der Waals surface area contributed by atoms with Crippen LogP contribution in [-0.4, -0.2) is 28.7 Å². The molecule has 18 heavy (non-hydrogen) atoms. The summed E-state index contributed by atoms with van der Waals surface area (Å²) in [6, 6.07) is 3.12. The van der Waals surface area contributed by atoms with Gasteiger partial charge in [0, 0.05) is 30.2 Å². The van der Waals surface area contributed by atoms with Crippen LogP contribution in [0.3, 0.4) is 0 Å². The van der Waals surface area contributed by atoms with Crippen molar-refractivity contribution in [3.63, 3.8) is 0 Å². The number of phenols is 1. The maximum Gasteiger partial charge on any atom is 0.165 e. The van der Waals surface area contributed by atoms with E-state index in [1.54, 1.807) is 0 Å². The van der Waals surface area contributed by atoms with Crippen LogP contribution in [0, 0.1) is 5.82 Å². The van der Waals surface area contributed by atoms with E-state index in [-0.39, 0.29) is 11.8 Å². The number of aryl methyl sites for hydroxylation is 1. The number of nitrogens with zero attached hydrogens (tertiary/aromatic N) is 2. The maximum atomic E-state index is 13.5. The molecule has 0 amide bonds. The van der Waals surface area contributed by atoms with Crippen molar-refractivity contribution in [2.24, 2.45) is 0 Å². The molecule has 0 bridgehead atoms. The van der Waals surface area contributed by atoms with Gasteiger partial charge in [0.15, 0.2) is 11.6 Å². The second-order valence-corrected chi connectivity index (χ2v) is 4.83. The molecule has 1 aromatic carbocycles. The Bertz CT molecular complexity index is 575. The van der Waals surface area contributed by atoms with E-state index in [4.69, 9.17) is 0 Å². The van der Waals surface area contributed by atoms with E-state index in [0.29, 0.717) is 0 Å². The highest BCUT2D eigenvalue weighted by Crippen LogP contribution is 2.32. The molecule has 1 unspecified atom stereocenters. The van der Waals surface area contributed by atoms with Gasteiger partial charge in [-0.25, -0.2) is 4.39 Å². The highest BCUT2D eigenvalue weighted by molar-refractivity contribution is 5.86. The van der Waals surface area contributed by atoms with Crippen LogP contribution in [0.4, 0.5) is 4.39 Å². The molecule has 0 aliphatic rings. The van der Waals surface area contributed by atoms with Crippen LogP contribution in [0.25, 0.3) is 10.9 Å². The lowest BCUT2D eigenvalue weighted by molar-refractivity contribution is 0.322. The van der Waals surface area contributed by atoms with Crippen LogP contribution in [0.2, 0.25) is 0 Å². The molecule has 4 heteroatoms. The fourth-order valence-electron chi connectivity index (χ4n) is 2.20. The fraction of sp³-hybridized carbons (Fsp3) is 0.429. The molecule has 0 fully saturated rings. The molecule has 98 valence electrons. The molecule has 1 N–H and O–H groups in total. The zero-order valence-electron chi connectivity index (χ0n) is 11.2. The highest BCUT2D eigenvalue weighted by Gasteiger charge is 2.17. The zero-order chi connectivity index (χ0) is 13.4. The first-order valence-electron chi connectivity index (χ1n) is 6.13. The third-order valence-electron chi connectivity index (χ3n) is 3.55. The number of fused-ring (bicyclic) bond motifs is 1. The lowest BCUT2D eigenvalue weighted by Crippen LogP contribution is -2.16. The van der Waals surface area contributed by atoms with Crippen molar-refractivity contribution in [1.29, 1.82) is 0 Å². The Morgan fingerprint density at radius 2 is 2.06 bits per heavy atom. The average Bonchev–Trinajstić information content (AvgIpc) is 2.67. The Morgan fingerprint density at radius 3 is 2.61 bits per heavy atom. The van der Waals surface area contributed by atoms with Crippen molar-refractivity contribution in [3.05, 3.63) is 29.7 Å². The Balaban J connectivity index is 2.71. The monoisotopic (exact) mass is 250 g/mol. The maximum absolute atomic E-state index is 13.5. The van der Waals surface area contributed by atoms with Gasteiger partial charge < -0.3 is 14.6 Å². The smallest absolute Gasteiger partial charge is 0.165 e.